The molecule has 0 saturated carbocycles. The van der Waals surface area contributed by atoms with E-state index >= 15 is 0 Å². The van der Waals surface area contributed by atoms with Gasteiger partial charge in [-0.05, 0) is 45.1 Å². The third-order valence-electron chi connectivity index (χ3n) is 4.01. The molecule has 1 heterocycles. The van der Waals surface area contributed by atoms with Gasteiger partial charge in [-0.15, -0.1) is 0 Å². The van der Waals surface area contributed by atoms with Crippen LogP contribution in [0.25, 0.3) is 0 Å². The smallest absolute Gasteiger partial charge is 0.249 e. The third-order valence-corrected chi connectivity index (χ3v) is 4.01. The maximum atomic E-state index is 12.3. The average Bonchev–Trinajstić information content (AvgIpc) is 2.95. The van der Waals surface area contributed by atoms with Gasteiger partial charge in [-0.25, -0.2) is 0 Å². The zero-order valence-corrected chi connectivity index (χ0v) is 13.0. The quantitative estimate of drug-likeness (QED) is 0.842. The summed E-state index contributed by atoms with van der Waals surface area (Å²) in [5.41, 5.74) is 6.63. The SMILES string of the molecule is CC(C)(CCc1ccccc1)NC(=O)C1CCC(CN)O1. The van der Waals surface area contributed by atoms with E-state index in [9.17, 15) is 4.79 Å². The number of ether oxygens (including phenoxy) is 1. The molecule has 21 heavy (non-hydrogen) atoms. The van der Waals surface area contributed by atoms with E-state index in [0.717, 1.165) is 25.7 Å². The number of carbonyl (C=O) groups is 1. The molecule has 2 atom stereocenters. The zero-order chi connectivity index (χ0) is 15.3. The van der Waals surface area contributed by atoms with Gasteiger partial charge in [0.1, 0.15) is 6.10 Å². The molecule has 4 nitrogen and oxygen atoms in total. The number of aryl methyl sites for hydroxylation is 1. The van der Waals surface area contributed by atoms with Crippen molar-refractivity contribution in [2.45, 2.75) is 57.3 Å². The summed E-state index contributed by atoms with van der Waals surface area (Å²) in [7, 11) is 0. The van der Waals surface area contributed by atoms with Crippen LogP contribution in [0.3, 0.4) is 0 Å². The summed E-state index contributed by atoms with van der Waals surface area (Å²) < 4.78 is 5.64. The fourth-order valence-electron chi connectivity index (χ4n) is 2.65. The second-order valence-corrected chi connectivity index (χ2v) is 6.42. The lowest BCUT2D eigenvalue weighted by atomic mass is 9.95. The third kappa shape index (κ3) is 4.83. The van der Waals surface area contributed by atoms with E-state index < -0.39 is 0 Å². The van der Waals surface area contributed by atoms with Crippen LogP contribution >= 0.6 is 0 Å². The number of rotatable bonds is 6. The highest BCUT2D eigenvalue weighted by atomic mass is 16.5. The van der Waals surface area contributed by atoms with Gasteiger partial charge >= 0.3 is 0 Å². The Balaban J connectivity index is 1.81. The molecule has 1 aliphatic heterocycles. The Morgan fingerprint density at radius 3 is 2.67 bits per heavy atom. The topological polar surface area (TPSA) is 64.4 Å². The predicted molar refractivity (Wildman–Crippen MR) is 83.9 cm³/mol. The first-order chi connectivity index (χ1) is 10.00. The fraction of sp³-hybridized carbons (Fsp3) is 0.588. The van der Waals surface area contributed by atoms with Crippen molar-refractivity contribution in [1.82, 2.24) is 5.32 Å². The second-order valence-electron chi connectivity index (χ2n) is 6.42. The number of carbonyl (C=O) groups excluding carboxylic acids is 1. The highest BCUT2D eigenvalue weighted by molar-refractivity contribution is 5.81. The summed E-state index contributed by atoms with van der Waals surface area (Å²) in [6.45, 7) is 4.60. The Morgan fingerprint density at radius 2 is 2.05 bits per heavy atom. The van der Waals surface area contributed by atoms with Crippen molar-refractivity contribution >= 4 is 5.91 Å². The molecule has 0 bridgehead atoms. The van der Waals surface area contributed by atoms with Crippen LogP contribution in [-0.4, -0.2) is 30.2 Å². The molecule has 1 aliphatic rings. The Morgan fingerprint density at radius 1 is 1.33 bits per heavy atom. The first-order valence-electron chi connectivity index (χ1n) is 7.71. The molecule has 1 aromatic rings. The lowest BCUT2D eigenvalue weighted by molar-refractivity contribution is -0.133. The van der Waals surface area contributed by atoms with Crippen molar-refractivity contribution in [2.75, 3.05) is 6.54 Å². The second kappa shape index (κ2) is 7.05. The van der Waals surface area contributed by atoms with Crippen LogP contribution < -0.4 is 11.1 Å². The van der Waals surface area contributed by atoms with E-state index in [2.05, 4.69) is 31.3 Å². The highest BCUT2D eigenvalue weighted by Gasteiger charge is 2.32. The van der Waals surface area contributed by atoms with Crippen LogP contribution in [0.1, 0.15) is 38.7 Å². The first kappa shape index (κ1) is 16.0. The Labute approximate surface area is 127 Å². The van der Waals surface area contributed by atoms with Gasteiger partial charge < -0.3 is 15.8 Å². The number of hydrogen-bond acceptors (Lipinski definition) is 3. The van der Waals surface area contributed by atoms with Gasteiger partial charge in [0.25, 0.3) is 0 Å². The summed E-state index contributed by atoms with van der Waals surface area (Å²) in [5, 5.41) is 3.11. The summed E-state index contributed by atoms with van der Waals surface area (Å²) in [6.07, 6.45) is 3.19. The predicted octanol–water partition coefficient (Wildman–Crippen LogP) is 2.02. The van der Waals surface area contributed by atoms with Crippen molar-refractivity contribution in [1.29, 1.82) is 0 Å². The highest BCUT2D eigenvalue weighted by Crippen LogP contribution is 2.21. The van der Waals surface area contributed by atoms with Crippen LogP contribution in [0.5, 0.6) is 0 Å². The minimum absolute atomic E-state index is 0.0102. The molecule has 0 aromatic heterocycles. The van der Waals surface area contributed by atoms with Gasteiger partial charge in [-0.2, -0.15) is 0 Å². The molecule has 1 amide bonds. The lowest BCUT2D eigenvalue weighted by Gasteiger charge is -2.28. The number of hydrogen-bond donors (Lipinski definition) is 2. The Bertz CT molecular complexity index is 459. The van der Waals surface area contributed by atoms with Crippen LogP contribution in [0.4, 0.5) is 0 Å². The normalized spacial score (nSPS) is 22.2. The average molecular weight is 290 g/mol. The molecule has 1 aromatic carbocycles. The van der Waals surface area contributed by atoms with Crippen molar-refractivity contribution in [2.24, 2.45) is 5.73 Å². The van der Waals surface area contributed by atoms with E-state index in [0.29, 0.717) is 6.54 Å². The van der Waals surface area contributed by atoms with E-state index in [1.807, 2.05) is 18.2 Å². The maximum absolute atomic E-state index is 12.3. The molecule has 0 aliphatic carbocycles. The molecule has 3 N–H and O–H groups in total. The summed E-state index contributed by atoms with van der Waals surface area (Å²) in [5.74, 6) is -0.0102. The van der Waals surface area contributed by atoms with Crippen LogP contribution in [0.15, 0.2) is 30.3 Å². The van der Waals surface area contributed by atoms with Gasteiger partial charge in [0, 0.05) is 12.1 Å². The van der Waals surface area contributed by atoms with Crippen LogP contribution in [0, 0.1) is 0 Å². The van der Waals surface area contributed by atoms with Gasteiger partial charge in [0.05, 0.1) is 6.10 Å². The van der Waals surface area contributed by atoms with Gasteiger partial charge in [-0.3, -0.25) is 4.79 Å². The van der Waals surface area contributed by atoms with Crippen LogP contribution in [0.2, 0.25) is 0 Å². The van der Waals surface area contributed by atoms with Gasteiger partial charge in [0.2, 0.25) is 5.91 Å². The van der Waals surface area contributed by atoms with Gasteiger partial charge in [0.15, 0.2) is 0 Å². The van der Waals surface area contributed by atoms with Crippen molar-refractivity contribution < 1.29 is 9.53 Å². The summed E-state index contributed by atoms with van der Waals surface area (Å²) >= 11 is 0. The number of benzene rings is 1. The maximum Gasteiger partial charge on any atom is 0.249 e. The Hall–Kier alpha value is -1.39. The van der Waals surface area contributed by atoms with Crippen molar-refractivity contribution in [3.05, 3.63) is 35.9 Å². The molecule has 116 valence electrons. The molecule has 0 spiro atoms. The molecule has 1 saturated heterocycles. The molecular formula is C17H26N2O2. The molecule has 4 heteroatoms. The van der Waals surface area contributed by atoms with Crippen molar-refractivity contribution in [3.63, 3.8) is 0 Å². The molecule has 2 rings (SSSR count). The zero-order valence-electron chi connectivity index (χ0n) is 13.0. The minimum Gasteiger partial charge on any atom is -0.364 e. The minimum atomic E-state index is -0.338. The van der Waals surface area contributed by atoms with E-state index in [1.54, 1.807) is 0 Å². The standard InChI is InChI=1S/C17H26N2O2/c1-17(2,11-10-13-6-4-3-5-7-13)19-16(20)15-9-8-14(12-18)21-15/h3-7,14-15H,8-12,18H2,1-2H3,(H,19,20). The molecular weight excluding hydrogens is 264 g/mol. The van der Waals surface area contributed by atoms with E-state index in [4.69, 9.17) is 10.5 Å². The van der Waals surface area contributed by atoms with E-state index in [1.165, 1.54) is 5.56 Å². The number of nitrogens with one attached hydrogen (secondary N) is 1. The number of nitrogens with two attached hydrogens (primary N) is 1. The number of amides is 1. The largest absolute Gasteiger partial charge is 0.364 e. The van der Waals surface area contributed by atoms with E-state index in [-0.39, 0.29) is 23.7 Å². The summed E-state index contributed by atoms with van der Waals surface area (Å²) in [4.78, 5) is 12.3. The monoisotopic (exact) mass is 290 g/mol. The fourth-order valence-corrected chi connectivity index (χ4v) is 2.65. The van der Waals surface area contributed by atoms with Crippen molar-refractivity contribution in [3.8, 4) is 0 Å². The molecule has 2 unspecified atom stereocenters. The lowest BCUT2D eigenvalue weighted by Crippen LogP contribution is -2.48. The molecule has 0 radical (unpaired) electrons. The first-order valence-corrected chi connectivity index (χ1v) is 7.71. The van der Waals surface area contributed by atoms with Crippen LogP contribution in [-0.2, 0) is 16.0 Å². The Kier molecular flexibility index (Phi) is 5.37. The molecule has 1 fully saturated rings. The summed E-state index contributed by atoms with van der Waals surface area (Å²) in [6, 6.07) is 10.3. The van der Waals surface area contributed by atoms with Gasteiger partial charge in [-0.1, -0.05) is 30.3 Å².